The molecule has 0 spiro atoms. The standard InChI is InChI=1S/C26H29F2N3O3/c1-14-15(2)29-24-23(18-6-5-17(27)12-20(18)28)30-21(13-31(24)25(14)32)16-7-9-33-22(11-16)19-8-10-34-26(19,3)4/h5-6,12-13,16,19,22H,7-11H2,1-4H3. The van der Waals surface area contributed by atoms with Gasteiger partial charge in [-0.05, 0) is 59.1 Å². The molecule has 0 aliphatic carbocycles. The molecule has 2 fully saturated rings. The molecule has 8 heteroatoms. The molecule has 4 heterocycles. The first-order chi connectivity index (χ1) is 16.2. The van der Waals surface area contributed by atoms with Gasteiger partial charge >= 0.3 is 0 Å². The second-order valence-electron chi connectivity index (χ2n) is 9.94. The lowest BCUT2D eigenvalue weighted by Crippen LogP contribution is -2.40. The second-order valence-corrected chi connectivity index (χ2v) is 9.94. The molecule has 2 aliphatic heterocycles. The van der Waals surface area contributed by atoms with Gasteiger partial charge in [0.15, 0.2) is 5.65 Å². The van der Waals surface area contributed by atoms with Gasteiger partial charge in [0.05, 0.1) is 17.4 Å². The van der Waals surface area contributed by atoms with E-state index in [1.807, 2.05) is 0 Å². The van der Waals surface area contributed by atoms with Gasteiger partial charge in [-0.1, -0.05) is 0 Å². The highest BCUT2D eigenvalue weighted by Crippen LogP contribution is 2.41. The molecule has 0 saturated carbocycles. The van der Waals surface area contributed by atoms with Crippen LogP contribution in [0.1, 0.15) is 56.0 Å². The number of aryl methyl sites for hydroxylation is 1. The minimum absolute atomic E-state index is 0.00866. The number of ether oxygens (including phenoxy) is 2. The van der Waals surface area contributed by atoms with Crippen LogP contribution in [0.4, 0.5) is 8.78 Å². The summed E-state index contributed by atoms with van der Waals surface area (Å²) in [5, 5.41) is 0. The van der Waals surface area contributed by atoms with Gasteiger partial charge in [0.2, 0.25) is 0 Å². The van der Waals surface area contributed by atoms with E-state index in [2.05, 4.69) is 18.8 Å². The number of nitrogens with zero attached hydrogens (tertiary/aromatic N) is 3. The molecule has 0 radical (unpaired) electrons. The maximum absolute atomic E-state index is 14.8. The first-order valence-corrected chi connectivity index (χ1v) is 11.8. The van der Waals surface area contributed by atoms with Crippen LogP contribution in [0.2, 0.25) is 0 Å². The quantitative estimate of drug-likeness (QED) is 0.555. The summed E-state index contributed by atoms with van der Waals surface area (Å²) < 4.78 is 42.0. The Labute approximate surface area is 197 Å². The van der Waals surface area contributed by atoms with Crippen LogP contribution in [0.5, 0.6) is 0 Å². The SMILES string of the molecule is Cc1nc2c(-c3ccc(F)cc3F)nc(C3CCOC(C4CCOC4(C)C)C3)cn2c(=O)c1C. The Morgan fingerprint density at radius 2 is 1.91 bits per heavy atom. The fraction of sp³-hybridized carbons (Fsp3) is 0.500. The number of benzene rings is 1. The summed E-state index contributed by atoms with van der Waals surface area (Å²) in [7, 11) is 0. The number of hydrogen-bond acceptors (Lipinski definition) is 5. The zero-order valence-corrected chi connectivity index (χ0v) is 19.9. The summed E-state index contributed by atoms with van der Waals surface area (Å²) in [4.78, 5) is 22.5. The van der Waals surface area contributed by atoms with Crippen molar-refractivity contribution in [2.75, 3.05) is 13.2 Å². The van der Waals surface area contributed by atoms with E-state index < -0.39 is 11.6 Å². The van der Waals surface area contributed by atoms with Crippen molar-refractivity contribution in [3.8, 4) is 11.3 Å². The molecule has 34 heavy (non-hydrogen) atoms. The number of fused-ring (bicyclic) bond motifs is 1. The highest BCUT2D eigenvalue weighted by Gasteiger charge is 2.43. The van der Waals surface area contributed by atoms with Crippen molar-refractivity contribution in [3.63, 3.8) is 0 Å². The van der Waals surface area contributed by atoms with Crippen molar-refractivity contribution in [1.82, 2.24) is 14.4 Å². The van der Waals surface area contributed by atoms with Crippen molar-refractivity contribution in [2.45, 2.75) is 64.6 Å². The van der Waals surface area contributed by atoms with Crippen molar-refractivity contribution < 1.29 is 18.3 Å². The summed E-state index contributed by atoms with van der Waals surface area (Å²) >= 11 is 0. The number of rotatable bonds is 3. The molecule has 180 valence electrons. The van der Waals surface area contributed by atoms with Crippen LogP contribution in [-0.2, 0) is 9.47 Å². The van der Waals surface area contributed by atoms with Crippen LogP contribution in [0, 0.1) is 31.4 Å². The summed E-state index contributed by atoms with van der Waals surface area (Å²) in [6, 6.07) is 3.37. The van der Waals surface area contributed by atoms with E-state index in [0.29, 0.717) is 30.2 Å². The van der Waals surface area contributed by atoms with Gasteiger partial charge in [-0.2, -0.15) is 0 Å². The fourth-order valence-electron chi connectivity index (χ4n) is 5.33. The Bertz CT molecular complexity index is 1320. The summed E-state index contributed by atoms with van der Waals surface area (Å²) in [5.74, 6) is -1.13. The van der Waals surface area contributed by atoms with E-state index in [0.717, 1.165) is 25.3 Å². The van der Waals surface area contributed by atoms with Gasteiger partial charge in [0, 0.05) is 54.1 Å². The lowest BCUT2D eigenvalue weighted by atomic mass is 9.79. The fourth-order valence-corrected chi connectivity index (χ4v) is 5.33. The van der Waals surface area contributed by atoms with E-state index >= 15 is 0 Å². The Hall–Kier alpha value is -2.71. The lowest BCUT2D eigenvalue weighted by molar-refractivity contribution is -0.0795. The van der Waals surface area contributed by atoms with Gasteiger partial charge in [0.1, 0.15) is 17.3 Å². The molecular weight excluding hydrogens is 440 g/mol. The third-order valence-corrected chi connectivity index (χ3v) is 7.46. The Morgan fingerprint density at radius 3 is 2.62 bits per heavy atom. The first-order valence-electron chi connectivity index (χ1n) is 11.8. The van der Waals surface area contributed by atoms with Gasteiger partial charge in [-0.15, -0.1) is 0 Å². The molecule has 0 bridgehead atoms. The van der Waals surface area contributed by atoms with Crippen LogP contribution in [-0.4, -0.2) is 39.3 Å². The summed E-state index contributed by atoms with van der Waals surface area (Å²) in [6.07, 6.45) is 4.14. The molecule has 3 atom stereocenters. The average Bonchev–Trinajstić information content (AvgIpc) is 3.16. The maximum Gasteiger partial charge on any atom is 0.261 e. The second kappa shape index (κ2) is 8.50. The van der Waals surface area contributed by atoms with Crippen molar-refractivity contribution in [2.24, 2.45) is 5.92 Å². The van der Waals surface area contributed by atoms with Crippen LogP contribution < -0.4 is 5.56 Å². The van der Waals surface area contributed by atoms with Gasteiger partial charge in [-0.25, -0.2) is 18.7 Å². The Balaban J connectivity index is 1.64. The zero-order chi connectivity index (χ0) is 24.2. The molecule has 5 rings (SSSR count). The minimum Gasteiger partial charge on any atom is -0.378 e. The van der Waals surface area contributed by atoms with E-state index in [4.69, 9.17) is 14.5 Å². The highest BCUT2D eigenvalue weighted by molar-refractivity contribution is 5.74. The molecule has 2 aromatic heterocycles. The van der Waals surface area contributed by atoms with E-state index in [-0.39, 0.29) is 46.0 Å². The average molecular weight is 470 g/mol. The molecule has 2 saturated heterocycles. The summed E-state index contributed by atoms with van der Waals surface area (Å²) in [5.41, 5.74) is 1.89. The monoisotopic (exact) mass is 469 g/mol. The maximum atomic E-state index is 14.8. The topological polar surface area (TPSA) is 65.7 Å². The van der Waals surface area contributed by atoms with Crippen molar-refractivity contribution >= 4 is 5.65 Å². The zero-order valence-electron chi connectivity index (χ0n) is 19.9. The van der Waals surface area contributed by atoms with Gasteiger partial charge < -0.3 is 9.47 Å². The minimum atomic E-state index is -0.742. The molecule has 3 aromatic rings. The van der Waals surface area contributed by atoms with Crippen LogP contribution >= 0.6 is 0 Å². The lowest BCUT2D eigenvalue weighted by Gasteiger charge is -2.37. The predicted octanol–water partition coefficient (Wildman–Crippen LogP) is 4.73. The Kier molecular flexibility index (Phi) is 5.76. The molecule has 2 aliphatic rings. The van der Waals surface area contributed by atoms with Crippen molar-refractivity contribution in [1.29, 1.82) is 0 Å². The third-order valence-electron chi connectivity index (χ3n) is 7.46. The van der Waals surface area contributed by atoms with E-state index in [9.17, 15) is 13.6 Å². The van der Waals surface area contributed by atoms with Crippen LogP contribution in [0.15, 0.2) is 29.2 Å². The number of halogens is 2. The molecule has 0 N–H and O–H groups in total. The number of hydrogen-bond donors (Lipinski definition) is 0. The predicted molar refractivity (Wildman–Crippen MR) is 124 cm³/mol. The Morgan fingerprint density at radius 1 is 1.12 bits per heavy atom. The van der Waals surface area contributed by atoms with Crippen LogP contribution in [0.25, 0.3) is 16.9 Å². The van der Waals surface area contributed by atoms with Gasteiger partial charge in [-0.3, -0.25) is 9.20 Å². The van der Waals surface area contributed by atoms with Crippen molar-refractivity contribution in [3.05, 3.63) is 63.3 Å². The largest absolute Gasteiger partial charge is 0.378 e. The smallest absolute Gasteiger partial charge is 0.261 e. The third kappa shape index (κ3) is 3.92. The molecule has 0 amide bonds. The number of aromatic nitrogens is 3. The van der Waals surface area contributed by atoms with E-state index in [1.165, 1.54) is 16.5 Å². The van der Waals surface area contributed by atoms with Crippen LogP contribution in [0.3, 0.4) is 0 Å². The molecule has 3 unspecified atom stereocenters. The normalized spacial score (nSPS) is 24.6. The molecular formula is C26H29F2N3O3. The highest BCUT2D eigenvalue weighted by atomic mass is 19.1. The first kappa shape index (κ1) is 23.1. The molecule has 6 nitrogen and oxygen atoms in total. The molecule has 1 aromatic carbocycles. The van der Waals surface area contributed by atoms with Gasteiger partial charge in [0.25, 0.3) is 5.56 Å². The summed E-state index contributed by atoms with van der Waals surface area (Å²) in [6.45, 7) is 8.94. The van der Waals surface area contributed by atoms with E-state index in [1.54, 1.807) is 20.0 Å².